The molecule has 134 valence electrons. The number of amides is 1. The number of nitrogens with one attached hydrogen (secondary N) is 1. The fraction of sp³-hybridized carbons (Fsp3) is 0.474. The number of hydrogen-bond donors (Lipinski definition) is 1. The maximum atomic E-state index is 12.7. The van der Waals surface area contributed by atoms with Crippen molar-refractivity contribution in [2.75, 3.05) is 13.1 Å². The van der Waals surface area contributed by atoms with E-state index in [4.69, 9.17) is 4.74 Å². The lowest BCUT2D eigenvalue weighted by atomic mass is 10.1. The molecule has 0 bridgehead atoms. The van der Waals surface area contributed by atoms with Crippen LogP contribution in [0.4, 0.5) is 0 Å². The molecule has 0 spiro atoms. The fourth-order valence-electron chi connectivity index (χ4n) is 3.11. The Labute approximate surface area is 153 Å². The maximum absolute atomic E-state index is 12.7. The van der Waals surface area contributed by atoms with E-state index < -0.39 is 0 Å². The summed E-state index contributed by atoms with van der Waals surface area (Å²) < 4.78 is 5.70. The number of ether oxygens (including phenoxy) is 1. The predicted octanol–water partition coefficient (Wildman–Crippen LogP) is 2.99. The summed E-state index contributed by atoms with van der Waals surface area (Å²) >= 11 is 1.71. The van der Waals surface area contributed by atoms with E-state index in [1.165, 1.54) is 10.4 Å². The van der Waals surface area contributed by atoms with Gasteiger partial charge in [-0.2, -0.15) is 0 Å². The molecule has 1 aliphatic heterocycles. The van der Waals surface area contributed by atoms with E-state index in [-0.39, 0.29) is 18.1 Å². The average molecular weight is 359 g/mol. The van der Waals surface area contributed by atoms with Gasteiger partial charge in [0.15, 0.2) is 0 Å². The van der Waals surface area contributed by atoms with E-state index in [0.717, 1.165) is 23.7 Å². The summed E-state index contributed by atoms with van der Waals surface area (Å²) in [5, 5.41) is 4.50. The molecule has 2 atom stereocenters. The highest BCUT2D eigenvalue weighted by Gasteiger charge is 2.26. The minimum atomic E-state index is 0.0849. The molecule has 1 fully saturated rings. The predicted molar refractivity (Wildman–Crippen MR) is 99.7 cm³/mol. The number of thiazole rings is 1. The molecule has 1 aromatic carbocycles. The van der Waals surface area contributed by atoms with Crippen molar-refractivity contribution in [2.24, 2.45) is 0 Å². The Morgan fingerprint density at radius 1 is 1.24 bits per heavy atom. The monoisotopic (exact) mass is 359 g/mol. The van der Waals surface area contributed by atoms with Gasteiger partial charge in [-0.1, -0.05) is 12.1 Å². The summed E-state index contributed by atoms with van der Waals surface area (Å²) in [6, 6.07) is 7.87. The van der Waals surface area contributed by atoms with Gasteiger partial charge in [-0.25, -0.2) is 4.98 Å². The first-order chi connectivity index (χ1) is 12.0. The Bertz CT molecular complexity index is 704. The van der Waals surface area contributed by atoms with Crippen LogP contribution in [0.25, 0.3) is 0 Å². The lowest BCUT2D eigenvalue weighted by Gasteiger charge is -2.35. The van der Waals surface area contributed by atoms with Gasteiger partial charge in [0.2, 0.25) is 0 Å². The van der Waals surface area contributed by atoms with Gasteiger partial charge in [-0.15, -0.1) is 11.3 Å². The third-order valence-electron chi connectivity index (χ3n) is 4.21. The maximum Gasteiger partial charge on any atom is 0.254 e. The summed E-state index contributed by atoms with van der Waals surface area (Å²) in [6.07, 6.45) is 2.09. The topological polar surface area (TPSA) is 54.5 Å². The van der Waals surface area contributed by atoms with E-state index >= 15 is 0 Å². The molecule has 2 aromatic rings. The van der Waals surface area contributed by atoms with Crippen LogP contribution in [-0.4, -0.2) is 41.1 Å². The van der Waals surface area contributed by atoms with Gasteiger partial charge in [0, 0.05) is 42.8 Å². The molecular weight excluding hydrogens is 334 g/mol. The number of aryl methyl sites for hydroxylation is 1. The minimum Gasteiger partial charge on any atom is -0.372 e. The van der Waals surface area contributed by atoms with Crippen LogP contribution in [0.3, 0.4) is 0 Å². The first kappa shape index (κ1) is 18.0. The second-order valence-electron chi connectivity index (χ2n) is 6.61. The number of morpholine rings is 1. The molecule has 1 aliphatic rings. The summed E-state index contributed by atoms with van der Waals surface area (Å²) in [5.41, 5.74) is 1.91. The molecule has 0 radical (unpaired) electrons. The molecule has 1 saturated heterocycles. The van der Waals surface area contributed by atoms with E-state index in [1.54, 1.807) is 11.3 Å². The summed E-state index contributed by atoms with van der Waals surface area (Å²) in [5.74, 6) is 0.0849. The second-order valence-corrected chi connectivity index (χ2v) is 7.93. The number of carbonyl (C=O) groups excluding carboxylic acids is 1. The van der Waals surface area contributed by atoms with Crippen LogP contribution in [-0.2, 0) is 17.8 Å². The Morgan fingerprint density at radius 3 is 2.52 bits per heavy atom. The molecule has 2 unspecified atom stereocenters. The zero-order valence-electron chi connectivity index (χ0n) is 15.0. The highest BCUT2D eigenvalue weighted by Crippen LogP contribution is 2.15. The summed E-state index contributed by atoms with van der Waals surface area (Å²) in [4.78, 5) is 20.0. The molecule has 1 N–H and O–H groups in total. The van der Waals surface area contributed by atoms with Crippen molar-refractivity contribution in [1.82, 2.24) is 15.2 Å². The zero-order valence-corrected chi connectivity index (χ0v) is 15.8. The Hall–Kier alpha value is -1.76. The van der Waals surface area contributed by atoms with E-state index in [0.29, 0.717) is 13.1 Å². The first-order valence-corrected chi connectivity index (χ1v) is 9.48. The third-order valence-corrected chi connectivity index (χ3v) is 5.12. The smallest absolute Gasteiger partial charge is 0.254 e. The van der Waals surface area contributed by atoms with Crippen molar-refractivity contribution in [3.8, 4) is 0 Å². The lowest BCUT2D eigenvalue weighted by Crippen LogP contribution is -2.48. The molecule has 25 heavy (non-hydrogen) atoms. The molecule has 1 amide bonds. The zero-order chi connectivity index (χ0) is 17.8. The van der Waals surface area contributed by atoms with Crippen LogP contribution in [0.2, 0.25) is 0 Å². The molecule has 1 aromatic heterocycles. The minimum absolute atomic E-state index is 0.0849. The van der Waals surface area contributed by atoms with Crippen molar-refractivity contribution in [3.63, 3.8) is 0 Å². The standard InChI is InChI=1S/C19H25N3O2S/c1-13-11-22(12-14(2)24-13)19(23)17-6-4-16(5-7-17)8-20-9-18-10-21-15(3)25-18/h4-7,10,13-14,20H,8-9,11-12H2,1-3H3. The quantitative estimate of drug-likeness (QED) is 0.892. The Kier molecular flexibility index (Phi) is 5.83. The fourth-order valence-corrected chi connectivity index (χ4v) is 3.87. The molecule has 0 saturated carbocycles. The number of rotatable bonds is 5. The normalized spacial score (nSPS) is 20.7. The number of hydrogen-bond acceptors (Lipinski definition) is 5. The van der Waals surface area contributed by atoms with Crippen molar-refractivity contribution in [1.29, 1.82) is 0 Å². The molecule has 0 aliphatic carbocycles. The summed E-state index contributed by atoms with van der Waals surface area (Å²) in [6.45, 7) is 8.93. The summed E-state index contributed by atoms with van der Waals surface area (Å²) in [7, 11) is 0. The van der Waals surface area contributed by atoms with Gasteiger partial charge >= 0.3 is 0 Å². The van der Waals surface area contributed by atoms with Gasteiger partial charge in [0.1, 0.15) is 0 Å². The van der Waals surface area contributed by atoms with Crippen LogP contribution in [0.1, 0.15) is 39.7 Å². The SMILES string of the molecule is Cc1ncc(CNCc2ccc(C(=O)N3CC(C)OC(C)C3)cc2)s1. The van der Waals surface area contributed by atoms with Crippen molar-refractivity contribution < 1.29 is 9.53 Å². The largest absolute Gasteiger partial charge is 0.372 e. The van der Waals surface area contributed by atoms with Gasteiger partial charge in [0.05, 0.1) is 17.2 Å². The molecule has 3 rings (SSSR count). The van der Waals surface area contributed by atoms with Gasteiger partial charge in [0.25, 0.3) is 5.91 Å². The highest BCUT2D eigenvalue weighted by atomic mass is 32.1. The molecule has 6 heteroatoms. The van der Waals surface area contributed by atoms with Gasteiger partial charge in [-0.05, 0) is 38.5 Å². The van der Waals surface area contributed by atoms with Gasteiger partial charge in [-0.3, -0.25) is 4.79 Å². The van der Waals surface area contributed by atoms with Crippen LogP contribution in [0.15, 0.2) is 30.5 Å². The van der Waals surface area contributed by atoms with Crippen molar-refractivity contribution in [3.05, 3.63) is 51.5 Å². The lowest BCUT2D eigenvalue weighted by molar-refractivity contribution is -0.0586. The molecular formula is C19H25N3O2S. The molecule has 2 heterocycles. The number of carbonyl (C=O) groups is 1. The van der Waals surface area contributed by atoms with E-state index in [2.05, 4.69) is 10.3 Å². The van der Waals surface area contributed by atoms with Crippen molar-refractivity contribution in [2.45, 2.75) is 46.1 Å². The van der Waals surface area contributed by atoms with Crippen LogP contribution < -0.4 is 5.32 Å². The van der Waals surface area contributed by atoms with E-state index in [9.17, 15) is 4.79 Å². The average Bonchev–Trinajstić information content (AvgIpc) is 2.99. The Morgan fingerprint density at radius 2 is 1.92 bits per heavy atom. The first-order valence-electron chi connectivity index (χ1n) is 8.67. The number of benzene rings is 1. The number of nitrogens with zero attached hydrogens (tertiary/aromatic N) is 2. The van der Waals surface area contributed by atoms with Crippen LogP contribution >= 0.6 is 11.3 Å². The van der Waals surface area contributed by atoms with Crippen LogP contribution in [0.5, 0.6) is 0 Å². The Balaban J connectivity index is 1.53. The van der Waals surface area contributed by atoms with E-state index in [1.807, 2.05) is 56.1 Å². The van der Waals surface area contributed by atoms with Crippen LogP contribution in [0, 0.1) is 6.92 Å². The van der Waals surface area contributed by atoms with Crippen molar-refractivity contribution >= 4 is 17.2 Å². The second kappa shape index (κ2) is 8.08. The highest BCUT2D eigenvalue weighted by molar-refractivity contribution is 7.11. The third kappa shape index (κ3) is 4.87. The number of aromatic nitrogens is 1. The van der Waals surface area contributed by atoms with Gasteiger partial charge < -0.3 is 15.0 Å². The molecule has 5 nitrogen and oxygen atoms in total.